The first-order valence-corrected chi connectivity index (χ1v) is 4.34. The van der Waals surface area contributed by atoms with Gasteiger partial charge in [-0.15, -0.1) is 0 Å². The molecule has 1 aromatic heterocycles. The molecule has 1 amide bonds. The Hall–Kier alpha value is -1.65. The number of Topliss-reactive ketones (excluding diaryl/α,β-unsaturated/α-hetero) is 1. The lowest BCUT2D eigenvalue weighted by atomic mass is 10.2. The Morgan fingerprint density at radius 3 is 2.86 bits per heavy atom. The summed E-state index contributed by atoms with van der Waals surface area (Å²) in [6.07, 6.45) is 2.02. The van der Waals surface area contributed by atoms with Crippen LogP contribution >= 0.6 is 0 Å². The van der Waals surface area contributed by atoms with E-state index in [0.717, 1.165) is 0 Å². The highest BCUT2D eigenvalue weighted by atomic mass is 16.5. The van der Waals surface area contributed by atoms with E-state index in [0.29, 0.717) is 12.3 Å². The van der Waals surface area contributed by atoms with Crippen LogP contribution in [-0.4, -0.2) is 16.8 Å². The van der Waals surface area contributed by atoms with E-state index in [1.165, 1.54) is 13.1 Å². The predicted molar refractivity (Wildman–Crippen MR) is 48.3 cm³/mol. The van der Waals surface area contributed by atoms with Crippen LogP contribution in [0.4, 0.5) is 0 Å². The molecule has 0 spiro atoms. The van der Waals surface area contributed by atoms with Gasteiger partial charge in [-0.1, -0.05) is 5.16 Å². The molecule has 0 atom stereocenters. The van der Waals surface area contributed by atoms with Crippen LogP contribution in [0.15, 0.2) is 16.8 Å². The normalized spacial score (nSPS) is 9.79. The number of hydrogen-bond acceptors (Lipinski definition) is 4. The summed E-state index contributed by atoms with van der Waals surface area (Å²) in [6, 6.07) is 1.67. The molecule has 0 aliphatic carbocycles. The molecule has 0 saturated carbocycles. The monoisotopic (exact) mass is 196 g/mol. The molecule has 0 aliphatic rings. The number of carbonyl (C=O) groups is 2. The quantitative estimate of drug-likeness (QED) is 0.750. The Morgan fingerprint density at radius 1 is 1.50 bits per heavy atom. The van der Waals surface area contributed by atoms with Gasteiger partial charge in [-0.25, -0.2) is 0 Å². The van der Waals surface area contributed by atoms with Gasteiger partial charge in [0.05, 0.1) is 12.7 Å². The van der Waals surface area contributed by atoms with Gasteiger partial charge in [0, 0.05) is 18.9 Å². The van der Waals surface area contributed by atoms with E-state index < -0.39 is 0 Å². The molecule has 1 aromatic rings. The summed E-state index contributed by atoms with van der Waals surface area (Å²) in [7, 11) is 0. The van der Waals surface area contributed by atoms with Crippen LogP contribution in [0.25, 0.3) is 0 Å². The highest BCUT2D eigenvalue weighted by Gasteiger charge is 2.04. The van der Waals surface area contributed by atoms with Crippen molar-refractivity contribution in [1.82, 2.24) is 10.5 Å². The molecule has 14 heavy (non-hydrogen) atoms. The van der Waals surface area contributed by atoms with Crippen LogP contribution in [0.1, 0.15) is 25.5 Å². The van der Waals surface area contributed by atoms with Crippen LogP contribution in [0.2, 0.25) is 0 Å². The van der Waals surface area contributed by atoms with E-state index in [4.69, 9.17) is 4.52 Å². The summed E-state index contributed by atoms with van der Waals surface area (Å²) in [5.74, 6) is 0.456. The Labute approximate surface area is 81.5 Å². The maximum absolute atomic E-state index is 11.1. The van der Waals surface area contributed by atoms with Crippen LogP contribution in [0.5, 0.6) is 0 Å². The number of nitrogens with one attached hydrogen (secondary N) is 1. The van der Waals surface area contributed by atoms with Crippen molar-refractivity contribution in [2.75, 3.05) is 0 Å². The van der Waals surface area contributed by atoms with Crippen molar-refractivity contribution in [3.8, 4) is 0 Å². The number of hydrogen-bond donors (Lipinski definition) is 1. The Morgan fingerprint density at radius 2 is 2.29 bits per heavy atom. The molecule has 1 heterocycles. The van der Waals surface area contributed by atoms with E-state index in [1.807, 2.05) is 0 Å². The summed E-state index contributed by atoms with van der Waals surface area (Å²) in [6.45, 7) is 1.78. The fraction of sp³-hybridized carbons (Fsp3) is 0.444. The molecule has 5 heteroatoms. The molecule has 0 aliphatic heterocycles. The van der Waals surface area contributed by atoms with E-state index in [2.05, 4.69) is 10.5 Å². The number of rotatable bonds is 5. The van der Waals surface area contributed by atoms with Gasteiger partial charge in [-0.3, -0.25) is 4.79 Å². The minimum Gasteiger partial charge on any atom is -0.360 e. The second-order valence-electron chi connectivity index (χ2n) is 2.96. The van der Waals surface area contributed by atoms with Crippen molar-refractivity contribution < 1.29 is 14.1 Å². The Balaban J connectivity index is 2.18. The third-order valence-electron chi connectivity index (χ3n) is 1.66. The molecule has 0 aromatic carbocycles. The summed E-state index contributed by atoms with van der Waals surface area (Å²) in [5, 5.41) is 6.11. The summed E-state index contributed by atoms with van der Waals surface area (Å²) in [4.78, 5) is 21.7. The molecular weight excluding hydrogens is 184 g/mol. The van der Waals surface area contributed by atoms with Gasteiger partial charge < -0.3 is 14.6 Å². The molecule has 0 fully saturated rings. The lowest BCUT2D eigenvalue weighted by Crippen LogP contribution is -2.22. The maximum Gasteiger partial charge on any atom is 0.220 e. The molecule has 5 nitrogen and oxygen atoms in total. The molecule has 76 valence electrons. The first-order valence-electron chi connectivity index (χ1n) is 4.34. The number of aromatic nitrogens is 1. The topological polar surface area (TPSA) is 72.2 Å². The van der Waals surface area contributed by atoms with Crippen molar-refractivity contribution in [3.05, 3.63) is 18.0 Å². The van der Waals surface area contributed by atoms with Crippen LogP contribution < -0.4 is 5.32 Å². The predicted octanol–water partition coefficient (Wildman–Crippen LogP) is 0.660. The smallest absolute Gasteiger partial charge is 0.220 e. The van der Waals surface area contributed by atoms with Gasteiger partial charge in [0.25, 0.3) is 0 Å². The molecule has 0 unspecified atom stereocenters. The zero-order chi connectivity index (χ0) is 10.4. The molecule has 0 bridgehead atoms. The van der Waals surface area contributed by atoms with Crippen molar-refractivity contribution in [1.29, 1.82) is 0 Å². The standard InChI is InChI=1S/C9H12N2O3/c1-7(12)2-3-9(13)10-6-8-4-5-11-14-8/h4-5H,2-3,6H2,1H3,(H,10,13). The zero-order valence-corrected chi connectivity index (χ0v) is 7.95. The first-order chi connectivity index (χ1) is 6.68. The fourth-order valence-electron chi connectivity index (χ4n) is 0.897. The van der Waals surface area contributed by atoms with Crippen LogP contribution in [0, 0.1) is 0 Å². The molecule has 1 N–H and O–H groups in total. The van der Waals surface area contributed by atoms with Crippen LogP contribution in [0.3, 0.4) is 0 Å². The maximum atomic E-state index is 11.1. The number of amides is 1. The highest BCUT2D eigenvalue weighted by molar-refractivity contribution is 5.83. The minimum absolute atomic E-state index is 0.0137. The average Bonchev–Trinajstić information content (AvgIpc) is 2.63. The van der Waals surface area contributed by atoms with E-state index >= 15 is 0 Å². The van der Waals surface area contributed by atoms with Gasteiger partial charge >= 0.3 is 0 Å². The van der Waals surface area contributed by atoms with E-state index in [1.54, 1.807) is 6.07 Å². The van der Waals surface area contributed by atoms with E-state index in [9.17, 15) is 9.59 Å². The van der Waals surface area contributed by atoms with Crippen molar-refractivity contribution in [2.45, 2.75) is 26.3 Å². The minimum atomic E-state index is -0.156. The second-order valence-corrected chi connectivity index (χ2v) is 2.96. The number of carbonyl (C=O) groups excluding carboxylic acids is 2. The number of nitrogens with zero attached hydrogens (tertiary/aromatic N) is 1. The van der Waals surface area contributed by atoms with Gasteiger partial charge in [0.15, 0.2) is 5.76 Å². The first kappa shape index (κ1) is 10.4. The van der Waals surface area contributed by atoms with Crippen molar-refractivity contribution in [2.24, 2.45) is 0 Å². The molecule has 0 radical (unpaired) electrons. The Kier molecular flexibility index (Phi) is 3.84. The lowest BCUT2D eigenvalue weighted by molar-refractivity contribution is -0.124. The summed E-state index contributed by atoms with van der Waals surface area (Å²) < 4.78 is 4.78. The van der Waals surface area contributed by atoms with Gasteiger partial charge in [0.1, 0.15) is 5.78 Å². The zero-order valence-electron chi connectivity index (χ0n) is 7.95. The van der Waals surface area contributed by atoms with Crippen molar-refractivity contribution in [3.63, 3.8) is 0 Å². The fourth-order valence-corrected chi connectivity index (χ4v) is 0.897. The number of ketones is 1. The third kappa shape index (κ3) is 3.84. The third-order valence-corrected chi connectivity index (χ3v) is 1.66. The van der Waals surface area contributed by atoms with Gasteiger partial charge in [-0.2, -0.15) is 0 Å². The Bertz CT molecular complexity index is 306. The van der Waals surface area contributed by atoms with Gasteiger partial charge in [0.2, 0.25) is 5.91 Å². The SMILES string of the molecule is CC(=O)CCC(=O)NCc1ccno1. The average molecular weight is 196 g/mol. The van der Waals surface area contributed by atoms with E-state index in [-0.39, 0.29) is 24.5 Å². The lowest BCUT2D eigenvalue weighted by Gasteiger charge is -2.00. The second kappa shape index (κ2) is 5.16. The summed E-state index contributed by atoms with van der Waals surface area (Å²) >= 11 is 0. The van der Waals surface area contributed by atoms with Gasteiger partial charge in [-0.05, 0) is 6.92 Å². The molecule has 1 rings (SSSR count). The molecule has 0 saturated heterocycles. The summed E-state index contributed by atoms with van der Waals surface area (Å²) in [5.41, 5.74) is 0. The molecular formula is C9H12N2O3. The largest absolute Gasteiger partial charge is 0.360 e. The van der Waals surface area contributed by atoms with Crippen LogP contribution in [-0.2, 0) is 16.1 Å². The van der Waals surface area contributed by atoms with Crippen molar-refractivity contribution >= 4 is 11.7 Å². The highest BCUT2D eigenvalue weighted by Crippen LogP contribution is 1.96.